The monoisotopic (exact) mass is 302 g/mol. The van der Waals surface area contributed by atoms with Crippen LogP contribution in [0.5, 0.6) is 5.75 Å². The number of nitrogens with zero attached hydrogens (tertiary/aromatic N) is 1. The number of nitrogens with one attached hydrogen (secondary N) is 3. The number of rotatable bonds is 5. The first-order valence-electron chi connectivity index (χ1n) is 6.39. The van der Waals surface area contributed by atoms with E-state index in [0.29, 0.717) is 11.5 Å². The summed E-state index contributed by atoms with van der Waals surface area (Å²) in [5.74, 6) is -0.0444. The van der Waals surface area contributed by atoms with Gasteiger partial charge in [0, 0.05) is 6.20 Å². The van der Waals surface area contributed by atoms with Crippen LogP contribution < -0.4 is 21.4 Å². The molecule has 0 atom stereocenters. The molecule has 8 nitrogen and oxygen atoms in total. The minimum atomic E-state index is -0.783. The van der Waals surface area contributed by atoms with Crippen molar-refractivity contribution in [1.29, 1.82) is 0 Å². The van der Waals surface area contributed by atoms with Crippen molar-refractivity contribution in [1.82, 2.24) is 15.4 Å². The predicted molar refractivity (Wildman–Crippen MR) is 80.2 cm³/mol. The van der Waals surface area contributed by atoms with Crippen molar-refractivity contribution in [2.24, 2.45) is 5.10 Å². The highest BCUT2D eigenvalue weighted by Gasteiger charge is 2.10. The zero-order valence-corrected chi connectivity index (χ0v) is 11.8. The van der Waals surface area contributed by atoms with Crippen molar-refractivity contribution in [2.75, 3.05) is 6.61 Å². The molecule has 1 aromatic heterocycles. The molecule has 22 heavy (non-hydrogen) atoms. The van der Waals surface area contributed by atoms with Gasteiger partial charge in [-0.25, -0.2) is 10.2 Å². The maximum Gasteiger partial charge on any atom is 0.325 e. The minimum absolute atomic E-state index is 0.187. The van der Waals surface area contributed by atoms with E-state index in [2.05, 4.69) is 15.5 Å². The smallest absolute Gasteiger partial charge is 0.325 e. The van der Waals surface area contributed by atoms with E-state index in [1.165, 1.54) is 0 Å². The molecule has 1 aromatic carbocycles. The third-order valence-electron chi connectivity index (χ3n) is 2.60. The normalized spacial score (nSPS) is 11.0. The number of carbonyl (C=O) groups is 1. The van der Waals surface area contributed by atoms with Crippen LogP contribution in [-0.2, 0) is 0 Å². The number of hydrogen-bond acceptors (Lipinski definition) is 5. The average Bonchev–Trinajstić information content (AvgIpc) is 2.51. The van der Waals surface area contributed by atoms with Crippen LogP contribution in [0.2, 0.25) is 0 Å². The van der Waals surface area contributed by atoms with Gasteiger partial charge in [-0.05, 0) is 19.1 Å². The summed E-state index contributed by atoms with van der Waals surface area (Å²) in [6.45, 7) is 1.85. The molecule has 8 heteroatoms. The average molecular weight is 302 g/mol. The van der Waals surface area contributed by atoms with Gasteiger partial charge in [0.2, 0.25) is 0 Å². The second kappa shape index (κ2) is 7.02. The summed E-state index contributed by atoms with van der Waals surface area (Å²) in [6.07, 6.45) is 1.03. The lowest BCUT2D eigenvalue weighted by Gasteiger charge is -2.05. The molecule has 0 radical (unpaired) electrons. The summed E-state index contributed by atoms with van der Waals surface area (Å²) in [5.41, 5.74) is 1.03. The van der Waals surface area contributed by atoms with Crippen LogP contribution in [-0.4, -0.2) is 28.2 Å². The molecule has 0 aliphatic carbocycles. The summed E-state index contributed by atoms with van der Waals surface area (Å²) in [4.78, 5) is 38.2. The predicted octanol–water partition coefficient (Wildman–Crippen LogP) is 0.248. The van der Waals surface area contributed by atoms with Crippen molar-refractivity contribution in [3.05, 3.63) is 62.9 Å². The third-order valence-corrected chi connectivity index (χ3v) is 2.60. The van der Waals surface area contributed by atoms with Crippen molar-refractivity contribution in [3.63, 3.8) is 0 Å². The molecular formula is C14H14N4O4. The van der Waals surface area contributed by atoms with Crippen molar-refractivity contribution in [2.45, 2.75) is 6.92 Å². The Bertz CT molecular complexity index is 792. The first-order chi connectivity index (χ1) is 10.6. The molecule has 2 aromatic rings. The lowest BCUT2D eigenvalue weighted by atomic mass is 10.3. The Kier molecular flexibility index (Phi) is 4.86. The van der Waals surface area contributed by atoms with E-state index < -0.39 is 17.2 Å². The van der Waals surface area contributed by atoms with E-state index in [9.17, 15) is 14.4 Å². The van der Waals surface area contributed by atoms with Crippen molar-refractivity contribution >= 4 is 11.6 Å². The first kappa shape index (κ1) is 15.2. The molecule has 0 aliphatic rings. The molecule has 0 bridgehead atoms. The van der Waals surface area contributed by atoms with Crippen LogP contribution in [0.25, 0.3) is 0 Å². The summed E-state index contributed by atoms with van der Waals surface area (Å²) in [6, 6.07) is 9.14. The zero-order valence-electron chi connectivity index (χ0n) is 11.8. The molecule has 3 N–H and O–H groups in total. The van der Waals surface area contributed by atoms with Gasteiger partial charge < -0.3 is 9.72 Å². The molecule has 0 saturated heterocycles. The number of hydrazone groups is 1. The van der Waals surface area contributed by atoms with Crippen LogP contribution in [0, 0.1) is 0 Å². The molecule has 1 heterocycles. The van der Waals surface area contributed by atoms with Gasteiger partial charge in [-0.3, -0.25) is 14.6 Å². The largest absolute Gasteiger partial charge is 0.488 e. The topological polar surface area (TPSA) is 116 Å². The Hall–Kier alpha value is -3.16. The van der Waals surface area contributed by atoms with Gasteiger partial charge in [0.1, 0.15) is 17.9 Å². The highest BCUT2D eigenvalue weighted by Crippen LogP contribution is 2.07. The molecule has 0 aliphatic heterocycles. The fourth-order valence-electron chi connectivity index (χ4n) is 1.52. The Morgan fingerprint density at radius 1 is 1.27 bits per heavy atom. The zero-order chi connectivity index (χ0) is 15.9. The van der Waals surface area contributed by atoms with E-state index in [-0.39, 0.29) is 12.2 Å². The van der Waals surface area contributed by atoms with Gasteiger partial charge in [-0.15, -0.1) is 0 Å². The first-order valence-corrected chi connectivity index (χ1v) is 6.39. The fraction of sp³-hybridized carbons (Fsp3) is 0.143. The summed E-state index contributed by atoms with van der Waals surface area (Å²) >= 11 is 0. The molecule has 1 amide bonds. The fourth-order valence-corrected chi connectivity index (χ4v) is 1.52. The molecule has 0 unspecified atom stereocenters. The van der Waals surface area contributed by atoms with Gasteiger partial charge in [0.15, 0.2) is 0 Å². The number of aromatic amines is 2. The van der Waals surface area contributed by atoms with E-state index in [1.54, 1.807) is 19.1 Å². The van der Waals surface area contributed by atoms with E-state index >= 15 is 0 Å². The third kappa shape index (κ3) is 4.17. The van der Waals surface area contributed by atoms with Crippen LogP contribution >= 0.6 is 0 Å². The Balaban J connectivity index is 1.94. The summed E-state index contributed by atoms with van der Waals surface area (Å²) < 4.78 is 5.45. The number of H-pyrrole nitrogens is 2. The number of carbonyl (C=O) groups excluding carboxylic acids is 1. The van der Waals surface area contributed by atoms with Gasteiger partial charge in [0.05, 0.1) is 5.71 Å². The van der Waals surface area contributed by atoms with Gasteiger partial charge in [-0.1, -0.05) is 18.2 Å². The lowest BCUT2D eigenvalue weighted by Crippen LogP contribution is -2.32. The van der Waals surface area contributed by atoms with Crippen LogP contribution in [0.4, 0.5) is 0 Å². The number of ether oxygens (including phenoxy) is 1. The highest BCUT2D eigenvalue weighted by molar-refractivity contribution is 5.94. The van der Waals surface area contributed by atoms with Gasteiger partial charge in [0.25, 0.3) is 11.5 Å². The number of hydrogen-bond donors (Lipinski definition) is 3. The lowest BCUT2D eigenvalue weighted by molar-refractivity contribution is 0.0952. The number of aromatic nitrogens is 2. The van der Waals surface area contributed by atoms with Gasteiger partial charge in [-0.2, -0.15) is 5.10 Å². The van der Waals surface area contributed by atoms with Gasteiger partial charge >= 0.3 is 5.69 Å². The summed E-state index contributed by atoms with van der Waals surface area (Å²) in [7, 11) is 0. The standard InChI is InChI=1S/C14H14N4O4/c1-9(8-22-10-5-3-2-4-6-10)17-18-13(20)11-7-15-14(21)16-12(11)19/h2-7H,8H2,1H3,(H,18,20)(H2,15,16,19,21)/b17-9-. The number of amides is 1. The van der Waals surface area contributed by atoms with Crippen LogP contribution in [0.1, 0.15) is 17.3 Å². The molecular weight excluding hydrogens is 288 g/mol. The van der Waals surface area contributed by atoms with Crippen molar-refractivity contribution in [3.8, 4) is 5.75 Å². The Morgan fingerprint density at radius 3 is 2.68 bits per heavy atom. The van der Waals surface area contributed by atoms with E-state index in [4.69, 9.17) is 4.74 Å². The molecule has 114 valence electrons. The Morgan fingerprint density at radius 2 is 2.00 bits per heavy atom. The van der Waals surface area contributed by atoms with E-state index in [1.807, 2.05) is 23.2 Å². The van der Waals surface area contributed by atoms with Crippen LogP contribution in [0.15, 0.2) is 51.2 Å². The Labute approximate surface area is 124 Å². The van der Waals surface area contributed by atoms with E-state index in [0.717, 1.165) is 6.20 Å². The number of benzene rings is 1. The summed E-state index contributed by atoms with van der Waals surface area (Å²) in [5, 5.41) is 3.83. The number of para-hydroxylation sites is 1. The van der Waals surface area contributed by atoms with Crippen LogP contribution in [0.3, 0.4) is 0 Å². The quantitative estimate of drug-likeness (QED) is 0.542. The second-order valence-electron chi connectivity index (χ2n) is 4.38. The maximum atomic E-state index is 11.8. The molecule has 0 saturated carbocycles. The molecule has 0 fully saturated rings. The molecule has 2 rings (SSSR count). The minimum Gasteiger partial charge on any atom is -0.488 e. The highest BCUT2D eigenvalue weighted by atomic mass is 16.5. The molecule has 0 spiro atoms. The maximum absolute atomic E-state index is 11.8. The second-order valence-corrected chi connectivity index (χ2v) is 4.38. The van der Waals surface area contributed by atoms with Crippen molar-refractivity contribution < 1.29 is 9.53 Å². The SMILES string of the molecule is C/C(COc1ccccc1)=N/NC(=O)c1c[nH]c(=O)[nH]c1=O.